The molecule has 0 saturated carbocycles. The van der Waals surface area contributed by atoms with Crippen LogP contribution in [0, 0.1) is 13.8 Å². The predicted octanol–water partition coefficient (Wildman–Crippen LogP) is 3.71. The van der Waals surface area contributed by atoms with Gasteiger partial charge in [0.15, 0.2) is 6.10 Å². The second kappa shape index (κ2) is 6.24. The van der Waals surface area contributed by atoms with E-state index in [9.17, 15) is 4.79 Å². The van der Waals surface area contributed by atoms with Crippen molar-refractivity contribution in [2.75, 3.05) is 5.32 Å². The van der Waals surface area contributed by atoms with Crippen LogP contribution in [0.1, 0.15) is 18.1 Å². The summed E-state index contributed by atoms with van der Waals surface area (Å²) < 4.78 is 5.72. The van der Waals surface area contributed by atoms with Crippen LogP contribution in [0.5, 0.6) is 5.75 Å². The van der Waals surface area contributed by atoms with Crippen molar-refractivity contribution in [2.24, 2.45) is 0 Å². The van der Waals surface area contributed by atoms with E-state index in [2.05, 4.69) is 5.32 Å². The van der Waals surface area contributed by atoms with Gasteiger partial charge in [-0.3, -0.25) is 4.79 Å². The first kappa shape index (κ1) is 14.1. The smallest absolute Gasteiger partial charge is 0.265 e. The number of aryl methyl sites for hydroxylation is 2. The van der Waals surface area contributed by atoms with E-state index >= 15 is 0 Å². The summed E-state index contributed by atoms with van der Waals surface area (Å²) >= 11 is 0. The minimum atomic E-state index is -0.545. The summed E-state index contributed by atoms with van der Waals surface area (Å²) in [5.41, 5.74) is 2.98. The van der Waals surface area contributed by atoms with Crippen LogP contribution >= 0.6 is 0 Å². The Balaban J connectivity index is 2.00. The molecule has 2 aromatic carbocycles. The number of rotatable bonds is 4. The van der Waals surface area contributed by atoms with Crippen LogP contribution in [0.4, 0.5) is 5.69 Å². The van der Waals surface area contributed by atoms with Crippen LogP contribution in [0.2, 0.25) is 0 Å². The summed E-state index contributed by atoms with van der Waals surface area (Å²) in [5, 5.41) is 2.83. The molecule has 0 unspecified atom stereocenters. The second-order valence-corrected chi connectivity index (χ2v) is 4.88. The molecule has 0 aromatic heterocycles. The van der Waals surface area contributed by atoms with Crippen LogP contribution in [-0.4, -0.2) is 12.0 Å². The minimum Gasteiger partial charge on any atom is -0.481 e. The van der Waals surface area contributed by atoms with E-state index in [-0.39, 0.29) is 5.91 Å². The van der Waals surface area contributed by atoms with Crippen molar-refractivity contribution in [1.82, 2.24) is 0 Å². The maximum Gasteiger partial charge on any atom is 0.265 e. The van der Waals surface area contributed by atoms with Crippen molar-refractivity contribution >= 4 is 11.6 Å². The van der Waals surface area contributed by atoms with Gasteiger partial charge >= 0.3 is 0 Å². The second-order valence-electron chi connectivity index (χ2n) is 4.88. The molecule has 0 radical (unpaired) electrons. The fraction of sp³-hybridized carbons (Fsp3) is 0.235. The molecule has 20 heavy (non-hydrogen) atoms. The highest BCUT2D eigenvalue weighted by Gasteiger charge is 2.15. The minimum absolute atomic E-state index is 0.156. The average Bonchev–Trinajstić information content (AvgIpc) is 2.43. The van der Waals surface area contributed by atoms with Gasteiger partial charge in [0.05, 0.1) is 0 Å². The number of ether oxygens (including phenoxy) is 1. The van der Waals surface area contributed by atoms with Crippen molar-refractivity contribution in [1.29, 1.82) is 0 Å². The SMILES string of the molecule is Cc1ccc(O[C@@H](C)C(=O)Nc2ccccc2)c(C)c1. The number of hydrogen-bond donors (Lipinski definition) is 1. The van der Waals surface area contributed by atoms with Crippen LogP contribution in [0.3, 0.4) is 0 Å². The third kappa shape index (κ3) is 3.60. The third-order valence-corrected chi connectivity index (χ3v) is 3.04. The Morgan fingerprint density at radius 3 is 2.45 bits per heavy atom. The summed E-state index contributed by atoms with van der Waals surface area (Å²) in [4.78, 5) is 12.1. The zero-order chi connectivity index (χ0) is 14.5. The van der Waals surface area contributed by atoms with Gasteiger partial charge in [0.25, 0.3) is 5.91 Å². The van der Waals surface area contributed by atoms with E-state index in [1.54, 1.807) is 6.92 Å². The number of amides is 1. The lowest BCUT2D eigenvalue weighted by Crippen LogP contribution is -2.30. The molecule has 0 heterocycles. The van der Waals surface area contributed by atoms with Crippen LogP contribution in [-0.2, 0) is 4.79 Å². The van der Waals surface area contributed by atoms with Gasteiger partial charge in [-0.15, -0.1) is 0 Å². The Morgan fingerprint density at radius 2 is 1.80 bits per heavy atom. The van der Waals surface area contributed by atoms with Crippen molar-refractivity contribution in [3.63, 3.8) is 0 Å². The summed E-state index contributed by atoms with van der Waals surface area (Å²) in [6.07, 6.45) is -0.545. The molecule has 0 aliphatic carbocycles. The van der Waals surface area contributed by atoms with Crippen LogP contribution in [0.25, 0.3) is 0 Å². The molecule has 0 fully saturated rings. The molecule has 3 nitrogen and oxygen atoms in total. The molecular formula is C17H19NO2. The van der Waals surface area contributed by atoms with Gasteiger partial charge in [0, 0.05) is 5.69 Å². The molecule has 0 aliphatic heterocycles. The number of carbonyl (C=O) groups excluding carboxylic acids is 1. The van der Waals surface area contributed by atoms with E-state index in [1.807, 2.05) is 62.4 Å². The molecule has 1 amide bonds. The standard InChI is InChI=1S/C17H19NO2/c1-12-9-10-16(13(2)11-12)20-14(3)17(19)18-15-7-5-4-6-8-15/h4-11,14H,1-3H3,(H,18,19)/t14-/m0/s1. The number of benzene rings is 2. The molecule has 3 heteroatoms. The van der Waals surface area contributed by atoms with E-state index < -0.39 is 6.10 Å². The van der Waals surface area contributed by atoms with Gasteiger partial charge in [0.1, 0.15) is 5.75 Å². The topological polar surface area (TPSA) is 38.3 Å². The van der Waals surface area contributed by atoms with Crippen molar-refractivity contribution < 1.29 is 9.53 Å². The number of anilines is 1. The van der Waals surface area contributed by atoms with Gasteiger partial charge in [-0.05, 0) is 44.5 Å². The maximum atomic E-state index is 12.1. The molecule has 0 saturated heterocycles. The fourth-order valence-corrected chi connectivity index (χ4v) is 1.94. The number of hydrogen-bond acceptors (Lipinski definition) is 2. The first-order valence-corrected chi connectivity index (χ1v) is 6.66. The molecule has 1 N–H and O–H groups in total. The quantitative estimate of drug-likeness (QED) is 0.919. The molecule has 104 valence electrons. The Morgan fingerprint density at radius 1 is 1.10 bits per heavy atom. The van der Waals surface area contributed by atoms with Crippen LogP contribution in [0.15, 0.2) is 48.5 Å². The third-order valence-electron chi connectivity index (χ3n) is 3.04. The van der Waals surface area contributed by atoms with E-state index in [4.69, 9.17) is 4.74 Å². The van der Waals surface area contributed by atoms with E-state index in [0.29, 0.717) is 0 Å². The fourth-order valence-electron chi connectivity index (χ4n) is 1.94. The average molecular weight is 269 g/mol. The molecule has 0 bridgehead atoms. The highest BCUT2D eigenvalue weighted by molar-refractivity contribution is 5.94. The summed E-state index contributed by atoms with van der Waals surface area (Å²) in [5.74, 6) is 0.586. The normalized spacial score (nSPS) is 11.8. The van der Waals surface area contributed by atoms with Crippen molar-refractivity contribution in [3.8, 4) is 5.75 Å². The lowest BCUT2D eigenvalue weighted by Gasteiger charge is -2.16. The zero-order valence-electron chi connectivity index (χ0n) is 12.0. The van der Waals surface area contributed by atoms with Gasteiger partial charge in [-0.2, -0.15) is 0 Å². The van der Waals surface area contributed by atoms with E-state index in [1.165, 1.54) is 5.56 Å². The van der Waals surface area contributed by atoms with Crippen molar-refractivity contribution in [3.05, 3.63) is 59.7 Å². The number of carbonyl (C=O) groups is 1. The van der Waals surface area contributed by atoms with Crippen molar-refractivity contribution in [2.45, 2.75) is 26.9 Å². The summed E-state index contributed by atoms with van der Waals surface area (Å²) in [7, 11) is 0. The largest absolute Gasteiger partial charge is 0.481 e. The molecule has 2 aromatic rings. The zero-order valence-corrected chi connectivity index (χ0v) is 12.0. The first-order valence-electron chi connectivity index (χ1n) is 6.66. The summed E-state index contributed by atoms with van der Waals surface area (Å²) in [6, 6.07) is 15.3. The lowest BCUT2D eigenvalue weighted by atomic mass is 10.1. The number of nitrogens with one attached hydrogen (secondary N) is 1. The molecule has 1 atom stereocenters. The van der Waals surface area contributed by atoms with Crippen LogP contribution < -0.4 is 10.1 Å². The molecule has 0 spiro atoms. The Hall–Kier alpha value is -2.29. The molecular weight excluding hydrogens is 250 g/mol. The van der Waals surface area contributed by atoms with Gasteiger partial charge < -0.3 is 10.1 Å². The predicted molar refractivity (Wildman–Crippen MR) is 81.1 cm³/mol. The first-order chi connectivity index (χ1) is 9.56. The lowest BCUT2D eigenvalue weighted by molar-refractivity contribution is -0.122. The highest BCUT2D eigenvalue weighted by Crippen LogP contribution is 2.20. The van der Waals surface area contributed by atoms with Gasteiger partial charge in [-0.25, -0.2) is 0 Å². The monoisotopic (exact) mass is 269 g/mol. The van der Waals surface area contributed by atoms with E-state index in [0.717, 1.165) is 17.0 Å². The van der Waals surface area contributed by atoms with Gasteiger partial charge in [0.2, 0.25) is 0 Å². The number of para-hydroxylation sites is 1. The Labute approximate surface area is 119 Å². The Kier molecular flexibility index (Phi) is 4.41. The highest BCUT2D eigenvalue weighted by atomic mass is 16.5. The Bertz CT molecular complexity index is 593. The molecule has 0 aliphatic rings. The summed E-state index contributed by atoms with van der Waals surface area (Å²) in [6.45, 7) is 5.75. The molecule has 2 rings (SSSR count). The van der Waals surface area contributed by atoms with Gasteiger partial charge in [-0.1, -0.05) is 35.9 Å². The maximum absolute atomic E-state index is 12.1.